The van der Waals surface area contributed by atoms with Gasteiger partial charge in [-0.1, -0.05) is 102 Å². The second-order valence-electron chi connectivity index (χ2n) is 9.49. The number of nitrogens with zero attached hydrogens (tertiary/aromatic N) is 6. The van der Waals surface area contributed by atoms with Crippen molar-refractivity contribution in [1.29, 1.82) is 0 Å². The number of hydrogen-bond acceptors (Lipinski definition) is 12. The zero-order chi connectivity index (χ0) is 32.8. The minimum absolute atomic E-state index is 0. The zero-order valence-electron chi connectivity index (χ0n) is 24.7. The van der Waals surface area contributed by atoms with Gasteiger partial charge in [-0.15, -0.1) is 0 Å². The third kappa shape index (κ3) is 8.30. The summed E-state index contributed by atoms with van der Waals surface area (Å²) in [6.45, 7) is 0. The van der Waals surface area contributed by atoms with E-state index in [9.17, 15) is 40.7 Å². The van der Waals surface area contributed by atoms with Crippen molar-refractivity contribution < 1.29 is 66.5 Å². The van der Waals surface area contributed by atoms with Crippen LogP contribution in [-0.2, 0) is 17.4 Å². The second kappa shape index (κ2) is 16.1. The molecule has 0 heterocycles. The van der Waals surface area contributed by atoms with Crippen molar-refractivity contribution in [3.63, 3.8) is 0 Å². The molecule has 231 valence electrons. The Morgan fingerprint density at radius 3 is 1.40 bits per heavy atom. The van der Waals surface area contributed by atoms with Gasteiger partial charge in [0.2, 0.25) is 0 Å². The zero-order valence-corrected chi connectivity index (χ0v) is 26.0. The minimum atomic E-state index is -0.664. The molecule has 1 radical (unpaired) electrons. The molecule has 0 aliphatic rings. The average molecular weight is 673 g/mol. The maximum absolute atomic E-state index is 12.0. The first-order valence-electron chi connectivity index (χ1n) is 13.2. The largest absolute Gasteiger partial charge is 3.00 e. The molecule has 0 unspecified atom stereocenters. The van der Waals surface area contributed by atoms with Crippen LogP contribution in [-0.4, -0.2) is 9.85 Å². The molecule has 0 aromatic heterocycles. The van der Waals surface area contributed by atoms with Crippen LogP contribution in [0.25, 0.3) is 21.5 Å². The van der Waals surface area contributed by atoms with Gasteiger partial charge in [0.25, 0.3) is 11.4 Å². The standard InChI is InChI=1S/2C16H11N3O4.Cr.Li/c20-14-8-5-10-3-1-2-4-12(10)16(14)18-17-13-7-6-11(19(22)23)9-15(13)21;20-14-8-6-11(19(22)23)9-13(14)17-18-16-12-4-2-1-3-10(12)5-7-15(16)21;;/h2*1-9,20-21H;;/q;;+3;+1/p-4. The molecule has 0 spiro atoms. The van der Waals surface area contributed by atoms with Gasteiger partial charge in [0.05, 0.1) is 32.6 Å². The maximum Gasteiger partial charge on any atom is 3.00 e. The average Bonchev–Trinajstić information content (AvgIpc) is 3.05. The fourth-order valence-corrected chi connectivity index (χ4v) is 4.28. The van der Waals surface area contributed by atoms with Gasteiger partial charge in [-0.05, 0) is 16.8 Å². The predicted octanol–water partition coefficient (Wildman–Crippen LogP) is 3.62. The molecule has 6 aromatic carbocycles. The van der Waals surface area contributed by atoms with Crippen molar-refractivity contribution in [2.75, 3.05) is 0 Å². The van der Waals surface area contributed by atoms with Crippen molar-refractivity contribution >= 4 is 55.7 Å². The second-order valence-corrected chi connectivity index (χ2v) is 9.49. The van der Waals surface area contributed by atoms with Crippen LogP contribution in [0.4, 0.5) is 34.1 Å². The van der Waals surface area contributed by atoms with Gasteiger partial charge in [-0.2, -0.15) is 20.5 Å². The Hall–Kier alpha value is -5.83. The topological polar surface area (TPSA) is 228 Å². The summed E-state index contributed by atoms with van der Waals surface area (Å²) in [4.78, 5) is 20.1. The monoisotopic (exact) mass is 673 g/mol. The van der Waals surface area contributed by atoms with Gasteiger partial charge in [-0.25, -0.2) is 0 Å². The first kappa shape index (κ1) is 36.6. The van der Waals surface area contributed by atoms with Crippen molar-refractivity contribution in [3.05, 3.63) is 129 Å². The van der Waals surface area contributed by atoms with Crippen LogP contribution >= 0.6 is 0 Å². The van der Waals surface area contributed by atoms with Crippen molar-refractivity contribution in [2.24, 2.45) is 20.5 Å². The molecule has 14 nitrogen and oxygen atoms in total. The van der Waals surface area contributed by atoms with E-state index in [1.807, 2.05) is 24.3 Å². The molecular formula is C32H18CrLiN6O8. The van der Waals surface area contributed by atoms with Gasteiger partial charge in [0.1, 0.15) is 0 Å². The smallest absolute Gasteiger partial charge is 0.871 e. The molecule has 0 bridgehead atoms. The Kier molecular flexibility index (Phi) is 12.3. The molecule has 6 aromatic rings. The van der Waals surface area contributed by atoms with Crippen molar-refractivity contribution in [3.8, 4) is 23.0 Å². The van der Waals surface area contributed by atoms with Gasteiger partial charge < -0.3 is 20.4 Å². The van der Waals surface area contributed by atoms with Crippen LogP contribution in [0.15, 0.2) is 130 Å². The summed E-state index contributed by atoms with van der Waals surface area (Å²) in [6, 6.07) is 26.8. The molecule has 0 aliphatic carbocycles. The van der Waals surface area contributed by atoms with Crippen LogP contribution in [0, 0.1) is 20.2 Å². The Morgan fingerprint density at radius 2 is 0.896 bits per heavy atom. The quantitative estimate of drug-likeness (QED) is 0.109. The molecule has 0 aliphatic heterocycles. The number of azo groups is 2. The molecule has 48 heavy (non-hydrogen) atoms. The van der Waals surface area contributed by atoms with Crippen LogP contribution in [0.5, 0.6) is 23.0 Å². The van der Waals surface area contributed by atoms with E-state index in [0.717, 1.165) is 41.1 Å². The van der Waals surface area contributed by atoms with E-state index in [0.29, 0.717) is 10.8 Å². The SMILES string of the molecule is O=[N+]([O-])c1ccc(N=Nc2c([O-])ccc3ccccc23)c([O-])c1.O=[N+]([O-])c1ccc([O-])c(N=Nc2c([O-])ccc3ccccc23)c1.[Cr+3].[Li+]. The third-order valence-electron chi connectivity index (χ3n) is 6.55. The van der Waals surface area contributed by atoms with Crippen molar-refractivity contribution in [2.45, 2.75) is 0 Å². The predicted molar refractivity (Wildman–Crippen MR) is 160 cm³/mol. The number of benzene rings is 6. The van der Waals surface area contributed by atoms with E-state index >= 15 is 0 Å². The molecule has 6 rings (SSSR count). The van der Waals surface area contributed by atoms with Crippen LogP contribution in [0.1, 0.15) is 0 Å². The Bertz CT molecular complexity index is 2200. The number of nitro benzene ring substituents is 2. The summed E-state index contributed by atoms with van der Waals surface area (Å²) in [7, 11) is 0. The number of nitro groups is 2. The molecule has 16 heteroatoms. The molecule has 0 saturated heterocycles. The molecular weight excluding hydrogens is 655 g/mol. The van der Waals surface area contributed by atoms with E-state index < -0.39 is 21.3 Å². The molecule has 0 amide bonds. The minimum Gasteiger partial charge on any atom is -0.871 e. The molecule has 0 N–H and O–H groups in total. The maximum atomic E-state index is 12.0. The fourth-order valence-electron chi connectivity index (χ4n) is 4.28. The first-order valence-corrected chi connectivity index (χ1v) is 13.2. The van der Waals surface area contributed by atoms with E-state index in [-0.39, 0.29) is 81.8 Å². The number of rotatable bonds is 6. The summed E-state index contributed by atoms with van der Waals surface area (Å²) >= 11 is 0. The Morgan fingerprint density at radius 1 is 0.458 bits per heavy atom. The molecule has 0 saturated carbocycles. The van der Waals surface area contributed by atoms with E-state index in [1.54, 1.807) is 36.4 Å². The van der Waals surface area contributed by atoms with Crippen LogP contribution < -0.4 is 39.3 Å². The summed E-state index contributed by atoms with van der Waals surface area (Å²) in [6.07, 6.45) is 0. The van der Waals surface area contributed by atoms with Crippen LogP contribution in [0.3, 0.4) is 0 Å². The van der Waals surface area contributed by atoms with Crippen molar-refractivity contribution in [1.82, 2.24) is 0 Å². The summed E-state index contributed by atoms with van der Waals surface area (Å²) in [5.41, 5.74) is -0.619. The van der Waals surface area contributed by atoms with E-state index in [2.05, 4.69) is 20.5 Å². The fraction of sp³-hybridized carbons (Fsp3) is 0. The van der Waals surface area contributed by atoms with Gasteiger partial charge in [0.15, 0.2) is 0 Å². The van der Waals surface area contributed by atoms with E-state index in [4.69, 9.17) is 0 Å². The van der Waals surface area contributed by atoms with Gasteiger partial charge in [-0.3, -0.25) is 20.2 Å². The third-order valence-corrected chi connectivity index (χ3v) is 6.55. The Balaban J connectivity index is 0.000000250. The first-order chi connectivity index (χ1) is 22.1. The van der Waals surface area contributed by atoms with Gasteiger partial charge in [0, 0.05) is 35.0 Å². The molecule has 0 atom stereocenters. The summed E-state index contributed by atoms with van der Waals surface area (Å²) in [5.74, 6) is -1.80. The normalized spacial score (nSPS) is 10.7. The van der Waals surface area contributed by atoms with Crippen LogP contribution in [0.2, 0.25) is 0 Å². The summed E-state index contributed by atoms with van der Waals surface area (Å²) in [5, 5.41) is 86.9. The molecule has 0 fully saturated rings. The summed E-state index contributed by atoms with van der Waals surface area (Å²) < 4.78 is 0. The number of hydrogen-bond donors (Lipinski definition) is 0. The van der Waals surface area contributed by atoms with Gasteiger partial charge >= 0.3 is 36.2 Å². The number of non-ortho nitro benzene ring substituents is 2. The van der Waals surface area contributed by atoms with E-state index in [1.165, 1.54) is 18.2 Å². The Labute approximate surface area is 294 Å². The number of fused-ring (bicyclic) bond motifs is 2.